The molecule has 0 aliphatic carbocycles. The number of nitrogens with zero attached hydrogens (tertiary/aromatic N) is 1. The van der Waals surface area contributed by atoms with Gasteiger partial charge in [-0.25, -0.2) is 0 Å². The molecule has 0 saturated carbocycles. The first-order valence-electron chi connectivity index (χ1n) is 5.80. The zero-order valence-corrected chi connectivity index (χ0v) is 9.33. The number of carbonyl (C=O) groups excluding carboxylic acids is 1. The highest BCUT2D eigenvalue weighted by molar-refractivity contribution is 5.83. The van der Waals surface area contributed by atoms with Crippen LogP contribution in [0.25, 0.3) is 0 Å². The molecule has 2 aliphatic heterocycles. The van der Waals surface area contributed by atoms with Gasteiger partial charge >= 0.3 is 0 Å². The first-order valence-corrected chi connectivity index (χ1v) is 5.80. The van der Waals surface area contributed by atoms with Crippen LogP contribution in [0.2, 0.25) is 0 Å². The lowest BCUT2D eigenvalue weighted by Crippen LogP contribution is -2.47. The van der Waals surface area contributed by atoms with E-state index in [-0.39, 0.29) is 17.4 Å². The lowest BCUT2D eigenvalue weighted by Gasteiger charge is -2.35. The molecule has 2 heterocycles. The van der Waals surface area contributed by atoms with Crippen molar-refractivity contribution in [3.05, 3.63) is 0 Å². The summed E-state index contributed by atoms with van der Waals surface area (Å²) >= 11 is 0. The van der Waals surface area contributed by atoms with Crippen LogP contribution in [0.3, 0.4) is 0 Å². The van der Waals surface area contributed by atoms with Gasteiger partial charge in [-0.3, -0.25) is 4.79 Å². The van der Waals surface area contributed by atoms with Crippen molar-refractivity contribution in [1.82, 2.24) is 10.2 Å². The van der Waals surface area contributed by atoms with Crippen LogP contribution in [0.4, 0.5) is 0 Å². The van der Waals surface area contributed by atoms with Gasteiger partial charge in [0.25, 0.3) is 0 Å². The van der Waals surface area contributed by atoms with Crippen LogP contribution in [0.1, 0.15) is 26.2 Å². The highest BCUT2D eigenvalue weighted by atomic mass is 16.3. The van der Waals surface area contributed by atoms with E-state index < -0.39 is 0 Å². The van der Waals surface area contributed by atoms with Crippen molar-refractivity contribution < 1.29 is 9.90 Å². The molecule has 0 spiro atoms. The Morgan fingerprint density at radius 2 is 2.13 bits per heavy atom. The second-order valence-electron chi connectivity index (χ2n) is 5.01. The van der Waals surface area contributed by atoms with Gasteiger partial charge in [0.2, 0.25) is 5.91 Å². The maximum Gasteiger partial charge on any atom is 0.229 e. The van der Waals surface area contributed by atoms with Crippen LogP contribution in [-0.4, -0.2) is 48.2 Å². The molecule has 0 radical (unpaired) electrons. The van der Waals surface area contributed by atoms with E-state index in [2.05, 4.69) is 5.32 Å². The van der Waals surface area contributed by atoms with Crippen molar-refractivity contribution >= 4 is 5.91 Å². The van der Waals surface area contributed by atoms with Crippen LogP contribution in [-0.2, 0) is 4.79 Å². The maximum absolute atomic E-state index is 12.2. The van der Waals surface area contributed by atoms with Gasteiger partial charge in [-0.15, -0.1) is 0 Å². The third-order valence-electron chi connectivity index (χ3n) is 3.64. The number of nitrogens with one attached hydrogen (secondary N) is 1. The van der Waals surface area contributed by atoms with Gasteiger partial charge in [0.1, 0.15) is 0 Å². The van der Waals surface area contributed by atoms with Gasteiger partial charge in [0.15, 0.2) is 0 Å². The van der Waals surface area contributed by atoms with Crippen molar-refractivity contribution in [2.75, 3.05) is 26.2 Å². The number of aliphatic hydroxyl groups excluding tert-OH is 1. The quantitative estimate of drug-likeness (QED) is 0.642. The van der Waals surface area contributed by atoms with Gasteiger partial charge in [0, 0.05) is 19.6 Å². The number of likely N-dealkylation sites (tertiary alicyclic amines) is 1. The lowest BCUT2D eigenvalue weighted by molar-refractivity contribution is -0.142. The van der Waals surface area contributed by atoms with E-state index in [4.69, 9.17) is 0 Å². The Morgan fingerprint density at radius 3 is 2.67 bits per heavy atom. The van der Waals surface area contributed by atoms with Crippen LogP contribution < -0.4 is 5.32 Å². The van der Waals surface area contributed by atoms with Gasteiger partial charge in [-0.2, -0.15) is 0 Å². The van der Waals surface area contributed by atoms with Crippen molar-refractivity contribution in [2.45, 2.75) is 32.3 Å². The van der Waals surface area contributed by atoms with E-state index in [1.165, 1.54) is 0 Å². The Labute approximate surface area is 90.6 Å². The predicted octanol–water partition coefficient (Wildman–Crippen LogP) is -0.0307. The normalized spacial score (nSPS) is 33.3. The minimum atomic E-state index is -0.206. The molecule has 4 heteroatoms. The molecular formula is C11H20N2O2. The smallest absolute Gasteiger partial charge is 0.229 e. The summed E-state index contributed by atoms with van der Waals surface area (Å²) in [4.78, 5) is 14.1. The van der Waals surface area contributed by atoms with E-state index in [0.29, 0.717) is 0 Å². The first-order chi connectivity index (χ1) is 7.12. The molecule has 1 unspecified atom stereocenters. The number of carbonyl (C=O) groups is 1. The number of aliphatic hydroxyl groups is 1. The molecular weight excluding hydrogens is 192 g/mol. The summed E-state index contributed by atoms with van der Waals surface area (Å²) in [5.74, 6) is 0.263. The van der Waals surface area contributed by atoms with Crippen molar-refractivity contribution in [1.29, 1.82) is 0 Å². The van der Waals surface area contributed by atoms with Crippen LogP contribution >= 0.6 is 0 Å². The summed E-state index contributed by atoms with van der Waals surface area (Å²) in [7, 11) is 0. The molecule has 2 rings (SSSR count). The van der Waals surface area contributed by atoms with Crippen LogP contribution in [0.15, 0.2) is 0 Å². The molecule has 1 atom stereocenters. The number of amides is 1. The van der Waals surface area contributed by atoms with Crippen LogP contribution in [0, 0.1) is 5.41 Å². The summed E-state index contributed by atoms with van der Waals surface area (Å²) in [5, 5.41) is 12.6. The molecule has 0 aromatic carbocycles. The molecule has 2 saturated heterocycles. The minimum absolute atomic E-state index is 0.205. The standard InChI is InChI=1S/C11H20N2O2/c1-11(4-5-12-8-11)10(15)13-6-2-9(14)3-7-13/h9,12,14H,2-8H2,1H3. The number of hydrogen-bond donors (Lipinski definition) is 2. The second kappa shape index (κ2) is 4.10. The van der Waals surface area contributed by atoms with Crippen molar-refractivity contribution in [3.63, 3.8) is 0 Å². The molecule has 15 heavy (non-hydrogen) atoms. The topological polar surface area (TPSA) is 52.6 Å². The summed E-state index contributed by atoms with van der Waals surface area (Å²) in [6.07, 6.45) is 2.19. The fourth-order valence-electron chi connectivity index (χ4n) is 2.45. The van der Waals surface area contributed by atoms with E-state index in [9.17, 15) is 9.90 Å². The molecule has 2 N–H and O–H groups in total. The Morgan fingerprint density at radius 1 is 1.47 bits per heavy atom. The number of rotatable bonds is 1. The second-order valence-corrected chi connectivity index (χ2v) is 5.01. The molecule has 2 aliphatic rings. The van der Waals surface area contributed by atoms with Gasteiger partial charge in [-0.1, -0.05) is 0 Å². The molecule has 86 valence electrons. The highest BCUT2D eigenvalue weighted by Gasteiger charge is 2.39. The fourth-order valence-corrected chi connectivity index (χ4v) is 2.45. The summed E-state index contributed by atoms with van der Waals surface area (Å²) in [5.41, 5.74) is -0.206. The molecule has 0 aromatic heterocycles. The molecule has 0 bridgehead atoms. The average molecular weight is 212 g/mol. The number of hydrogen-bond acceptors (Lipinski definition) is 3. The van der Waals surface area contributed by atoms with E-state index in [0.717, 1.165) is 45.4 Å². The SMILES string of the molecule is CC1(C(=O)N2CCC(O)CC2)CCNC1. The minimum Gasteiger partial charge on any atom is -0.393 e. The number of piperidine rings is 1. The molecule has 4 nitrogen and oxygen atoms in total. The van der Waals surface area contributed by atoms with Gasteiger partial charge < -0.3 is 15.3 Å². The van der Waals surface area contributed by atoms with E-state index in [1.807, 2.05) is 11.8 Å². The van der Waals surface area contributed by atoms with Crippen LogP contribution in [0.5, 0.6) is 0 Å². The monoisotopic (exact) mass is 212 g/mol. The fraction of sp³-hybridized carbons (Fsp3) is 0.909. The maximum atomic E-state index is 12.2. The third kappa shape index (κ3) is 2.16. The molecule has 0 aromatic rings. The van der Waals surface area contributed by atoms with Crippen molar-refractivity contribution in [2.24, 2.45) is 5.41 Å². The summed E-state index contributed by atoms with van der Waals surface area (Å²) < 4.78 is 0. The Balaban J connectivity index is 1.95. The third-order valence-corrected chi connectivity index (χ3v) is 3.64. The zero-order valence-electron chi connectivity index (χ0n) is 9.33. The summed E-state index contributed by atoms with van der Waals surface area (Å²) in [6.45, 7) is 5.22. The Bertz CT molecular complexity index is 241. The largest absolute Gasteiger partial charge is 0.393 e. The zero-order chi connectivity index (χ0) is 10.9. The van der Waals surface area contributed by atoms with Crippen molar-refractivity contribution in [3.8, 4) is 0 Å². The average Bonchev–Trinajstić information content (AvgIpc) is 2.67. The van der Waals surface area contributed by atoms with E-state index >= 15 is 0 Å². The Kier molecular flexibility index (Phi) is 2.98. The highest BCUT2D eigenvalue weighted by Crippen LogP contribution is 2.28. The van der Waals surface area contributed by atoms with E-state index in [1.54, 1.807) is 0 Å². The molecule has 1 amide bonds. The van der Waals surface area contributed by atoms with Gasteiger partial charge in [0.05, 0.1) is 11.5 Å². The first kappa shape index (κ1) is 10.9. The lowest BCUT2D eigenvalue weighted by atomic mass is 9.87. The predicted molar refractivity (Wildman–Crippen MR) is 57.4 cm³/mol. The Hall–Kier alpha value is -0.610. The molecule has 2 fully saturated rings. The summed E-state index contributed by atoms with van der Waals surface area (Å²) in [6, 6.07) is 0. The van der Waals surface area contributed by atoms with Gasteiger partial charge in [-0.05, 0) is 32.7 Å².